The molecular formula is C15H15BrFN. The van der Waals surface area contributed by atoms with Gasteiger partial charge in [-0.3, -0.25) is 0 Å². The van der Waals surface area contributed by atoms with E-state index in [1.165, 1.54) is 23.3 Å². The molecule has 0 aliphatic heterocycles. The molecule has 3 heteroatoms. The zero-order valence-corrected chi connectivity index (χ0v) is 12.0. The van der Waals surface area contributed by atoms with Gasteiger partial charge in [0.1, 0.15) is 5.82 Å². The topological polar surface area (TPSA) is 12.0 Å². The number of halogens is 2. The Morgan fingerprint density at radius 1 is 1.06 bits per heavy atom. The van der Waals surface area contributed by atoms with Gasteiger partial charge in [-0.2, -0.15) is 0 Å². The van der Waals surface area contributed by atoms with Gasteiger partial charge in [-0.05, 0) is 54.8 Å². The molecule has 0 heterocycles. The largest absolute Gasteiger partial charge is 0.381 e. The highest BCUT2D eigenvalue weighted by Crippen LogP contribution is 2.20. The van der Waals surface area contributed by atoms with Crippen LogP contribution in [0.2, 0.25) is 0 Å². The average molecular weight is 308 g/mol. The zero-order valence-electron chi connectivity index (χ0n) is 10.4. The van der Waals surface area contributed by atoms with Crippen LogP contribution in [-0.4, -0.2) is 0 Å². The fraction of sp³-hybridized carbons (Fsp3) is 0.200. The van der Waals surface area contributed by atoms with E-state index in [2.05, 4.69) is 53.3 Å². The molecule has 2 aromatic carbocycles. The number of rotatable bonds is 3. The molecule has 2 rings (SSSR count). The SMILES string of the molecule is Cc1ccc(NCc2ccc(F)cc2Br)cc1C. The molecule has 0 atom stereocenters. The maximum absolute atomic E-state index is 13.0. The molecule has 18 heavy (non-hydrogen) atoms. The van der Waals surface area contributed by atoms with E-state index in [-0.39, 0.29) is 5.82 Å². The summed E-state index contributed by atoms with van der Waals surface area (Å²) in [6.07, 6.45) is 0. The van der Waals surface area contributed by atoms with Gasteiger partial charge in [0.15, 0.2) is 0 Å². The molecule has 0 aromatic heterocycles. The summed E-state index contributed by atoms with van der Waals surface area (Å²) in [5, 5.41) is 3.34. The molecule has 0 saturated heterocycles. The summed E-state index contributed by atoms with van der Waals surface area (Å²) in [4.78, 5) is 0. The maximum atomic E-state index is 13.0. The van der Waals surface area contributed by atoms with Crippen LogP contribution in [0.15, 0.2) is 40.9 Å². The summed E-state index contributed by atoms with van der Waals surface area (Å²) in [7, 11) is 0. The second-order valence-electron chi connectivity index (χ2n) is 4.39. The Morgan fingerprint density at radius 3 is 2.50 bits per heavy atom. The lowest BCUT2D eigenvalue weighted by molar-refractivity contribution is 0.626. The number of nitrogens with one attached hydrogen (secondary N) is 1. The van der Waals surface area contributed by atoms with Gasteiger partial charge in [0.25, 0.3) is 0 Å². The van der Waals surface area contributed by atoms with Crippen molar-refractivity contribution in [3.05, 3.63) is 63.4 Å². The van der Waals surface area contributed by atoms with Crippen LogP contribution in [0.5, 0.6) is 0 Å². The van der Waals surface area contributed by atoms with Crippen molar-refractivity contribution in [2.75, 3.05) is 5.32 Å². The Hall–Kier alpha value is -1.35. The Labute approximate surface area is 115 Å². The molecule has 0 bridgehead atoms. The van der Waals surface area contributed by atoms with Gasteiger partial charge in [-0.15, -0.1) is 0 Å². The summed E-state index contributed by atoms with van der Waals surface area (Å²) in [6.45, 7) is 4.85. The predicted molar refractivity (Wildman–Crippen MR) is 77.3 cm³/mol. The molecule has 0 aliphatic carbocycles. The van der Waals surface area contributed by atoms with Crippen LogP contribution >= 0.6 is 15.9 Å². The monoisotopic (exact) mass is 307 g/mol. The molecule has 0 unspecified atom stereocenters. The van der Waals surface area contributed by atoms with E-state index in [1.807, 2.05) is 0 Å². The van der Waals surface area contributed by atoms with E-state index < -0.39 is 0 Å². The Morgan fingerprint density at radius 2 is 1.83 bits per heavy atom. The van der Waals surface area contributed by atoms with E-state index in [0.29, 0.717) is 6.54 Å². The van der Waals surface area contributed by atoms with Gasteiger partial charge in [-0.25, -0.2) is 4.39 Å². The lowest BCUT2D eigenvalue weighted by Gasteiger charge is -2.10. The molecule has 0 saturated carbocycles. The second-order valence-corrected chi connectivity index (χ2v) is 5.24. The first-order chi connectivity index (χ1) is 8.56. The van der Waals surface area contributed by atoms with Crippen molar-refractivity contribution in [1.29, 1.82) is 0 Å². The van der Waals surface area contributed by atoms with Crippen LogP contribution in [-0.2, 0) is 6.54 Å². The molecule has 0 spiro atoms. The standard InChI is InChI=1S/C15H15BrFN/c1-10-3-6-14(7-11(10)2)18-9-12-4-5-13(17)8-15(12)16/h3-8,18H,9H2,1-2H3. The highest BCUT2D eigenvalue weighted by Gasteiger charge is 2.02. The zero-order chi connectivity index (χ0) is 13.1. The van der Waals surface area contributed by atoms with E-state index in [9.17, 15) is 4.39 Å². The van der Waals surface area contributed by atoms with Crippen LogP contribution in [0, 0.1) is 19.7 Å². The van der Waals surface area contributed by atoms with Gasteiger partial charge in [0.2, 0.25) is 0 Å². The fourth-order valence-electron chi connectivity index (χ4n) is 1.71. The van der Waals surface area contributed by atoms with E-state index in [1.54, 1.807) is 6.07 Å². The van der Waals surface area contributed by atoms with Gasteiger partial charge < -0.3 is 5.32 Å². The molecule has 0 amide bonds. The number of anilines is 1. The first-order valence-corrected chi connectivity index (χ1v) is 6.60. The van der Waals surface area contributed by atoms with Crippen LogP contribution < -0.4 is 5.32 Å². The van der Waals surface area contributed by atoms with Crippen LogP contribution in [0.25, 0.3) is 0 Å². The number of hydrogen-bond acceptors (Lipinski definition) is 1. The lowest BCUT2D eigenvalue weighted by Crippen LogP contribution is -2.01. The van der Waals surface area contributed by atoms with Crippen molar-refractivity contribution in [1.82, 2.24) is 0 Å². The van der Waals surface area contributed by atoms with E-state index in [0.717, 1.165) is 15.7 Å². The molecule has 2 aromatic rings. The van der Waals surface area contributed by atoms with Gasteiger partial charge in [-0.1, -0.05) is 28.1 Å². The van der Waals surface area contributed by atoms with E-state index in [4.69, 9.17) is 0 Å². The normalized spacial score (nSPS) is 10.4. The minimum atomic E-state index is -0.225. The highest BCUT2D eigenvalue weighted by atomic mass is 79.9. The average Bonchev–Trinajstić information content (AvgIpc) is 2.32. The first-order valence-electron chi connectivity index (χ1n) is 5.81. The van der Waals surface area contributed by atoms with Crippen LogP contribution in [0.3, 0.4) is 0 Å². The van der Waals surface area contributed by atoms with Gasteiger partial charge in [0.05, 0.1) is 0 Å². The minimum absolute atomic E-state index is 0.225. The summed E-state index contributed by atoms with van der Waals surface area (Å²) in [5.74, 6) is -0.225. The van der Waals surface area contributed by atoms with Crippen LogP contribution in [0.1, 0.15) is 16.7 Å². The smallest absolute Gasteiger partial charge is 0.124 e. The second kappa shape index (κ2) is 5.53. The third kappa shape index (κ3) is 3.10. The predicted octanol–water partition coefficient (Wildman–Crippen LogP) is 4.82. The van der Waals surface area contributed by atoms with Crippen molar-refractivity contribution in [2.24, 2.45) is 0 Å². The fourth-order valence-corrected chi connectivity index (χ4v) is 2.20. The summed E-state index contributed by atoms with van der Waals surface area (Å²) < 4.78 is 13.7. The quantitative estimate of drug-likeness (QED) is 0.857. The van der Waals surface area contributed by atoms with Crippen molar-refractivity contribution in [2.45, 2.75) is 20.4 Å². The number of benzene rings is 2. The highest BCUT2D eigenvalue weighted by molar-refractivity contribution is 9.10. The Balaban J connectivity index is 2.09. The summed E-state index contributed by atoms with van der Waals surface area (Å²) >= 11 is 3.37. The van der Waals surface area contributed by atoms with Crippen molar-refractivity contribution in [3.8, 4) is 0 Å². The third-order valence-electron chi connectivity index (χ3n) is 3.00. The first kappa shape index (κ1) is 13.1. The van der Waals surface area contributed by atoms with Gasteiger partial charge in [0, 0.05) is 16.7 Å². The molecule has 0 fully saturated rings. The Bertz CT molecular complexity index is 566. The van der Waals surface area contributed by atoms with E-state index >= 15 is 0 Å². The summed E-state index contributed by atoms with van der Waals surface area (Å²) in [6, 6.07) is 11.0. The molecule has 94 valence electrons. The number of aryl methyl sites for hydroxylation is 2. The van der Waals surface area contributed by atoms with Crippen molar-refractivity contribution < 1.29 is 4.39 Å². The molecule has 1 nitrogen and oxygen atoms in total. The molecule has 1 N–H and O–H groups in total. The third-order valence-corrected chi connectivity index (χ3v) is 3.74. The lowest BCUT2D eigenvalue weighted by atomic mass is 10.1. The van der Waals surface area contributed by atoms with Gasteiger partial charge >= 0.3 is 0 Å². The maximum Gasteiger partial charge on any atom is 0.124 e. The Kier molecular flexibility index (Phi) is 4.02. The van der Waals surface area contributed by atoms with Crippen molar-refractivity contribution >= 4 is 21.6 Å². The minimum Gasteiger partial charge on any atom is -0.381 e. The molecule has 0 aliphatic rings. The van der Waals surface area contributed by atoms with Crippen LogP contribution in [0.4, 0.5) is 10.1 Å². The number of hydrogen-bond donors (Lipinski definition) is 1. The molecule has 0 radical (unpaired) electrons. The van der Waals surface area contributed by atoms with Crippen molar-refractivity contribution in [3.63, 3.8) is 0 Å². The molecular weight excluding hydrogens is 293 g/mol. The summed E-state index contributed by atoms with van der Waals surface area (Å²) in [5.41, 5.74) is 4.66.